The lowest BCUT2D eigenvalue weighted by molar-refractivity contribution is 0.101. The van der Waals surface area contributed by atoms with Crippen LogP contribution in [-0.4, -0.2) is 48.6 Å². The van der Waals surface area contributed by atoms with E-state index in [1.165, 1.54) is 12.1 Å². The Labute approximate surface area is 210 Å². The number of piperazine rings is 1. The van der Waals surface area contributed by atoms with Crippen LogP contribution >= 0.6 is 0 Å². The highest BCUT2D eigenvalue weighted by Crippen LogP contribution is 2.42. The van der Waals surface area contributed by atoms with Crippen molar-refractivity contribution in [2.45, 2.75) is 20.4 Å². The Hall–Kier alpha value is -3.84. The highest BCUT2D eigenvalue weighted by atomic mass is 19.1. The van der Waals surface area contributed by atoms with Gasteiger partial charge in [0.2, 0.25) is 5.78 Å². The fourth-order valence-corrected chi connectivity index (χ4v) is 4.75. The summed E-state index contributed by atoms with van der Waals surface area (Å²) in [7, 11) is 0. The van der Waals surface area contributed by atoms with Gasteiger partial charge in [-0.1, -0.05) is 12.1 Å². The van der Waals surface area contributed by atoms with Crippen LogP contribution in [0.5, 0.6) is 17.2 Å². The van der Waals surface area contributed by atoms with Gasteiger partial charge in [-0.3, -0.25) is 9.69 Å². The molecule has 36 heavy (non-hydrogen) atoms. The zero-order chi connectivity index (χ0) is 25.2. The molecule has 3 aromatic carbocycles. The fraction of sp³-hybridized carbons (Fsp3) is 0.276. The summed E-state index contributed by atoms with van der Waals surface area (Å²) in [6.45, 7) is 7.89. The van der Waals surface area contributed by atoms with Gasteiger partial charge < -0.3 is 19.5 Å². The summed E-state index contributed by atoms with van der Waals surface area (Å²) in [5, 5.41) is 10.8. The number of halogens is 1. The zero-order valence-electron chi connectivity index (χ0n) is 20.5. The van der Waals surface area contributed by atoms with Crippen LogP contribution in [0.4, 0.5) is 10.1 Å². The van der Waals surface area contributed by atoms with Crippen molar-refractivity contribution in [3.8, 4) is 17.2 Å². The molecule has 5 rings (SSSR count). The SMILES string of the molecule is CCOc1ccc(/C=C2\Oc3c(CN4CCN(c5ccc(F)cc5)CC4)c(O)cc(C)c3C2=O)cc1. The molecule has 0 amide bonds. The van der Waals surface area contributed by atoms with E-state index in [1.807, 2.05) is 38.1 Å². The fourth-order valence-electron chi connectivity index (χ4n) is 4.75. The van der Waals surface area contributed by atoms with E-state index in [4.69, 9.17) is 9.47 Å². The molecule has 0 bridgehead atoms. The van der Waals surface area contributed by atoms with Crippen molar-refractivity contribution in [2.75, 3.05) is 37.7 Å². The minimum Gasteiger partial charge on any atom is -0.507 e. The topological polar surface area (TPSA) is 62.2 Å². The van der Waals surface area contributed by atoms with Gasteiger partial charge in [-0.25, -0.2) is 4.39 Å². The van der Waals surface area contributed by atoms with E-state index in [0.717, 1.165) is 43.2 Å². The number of nitrogens with zero attached hydrogens (tertiary/aromatic N) is 2. The largest absolute Gasteiger partial charge is 0.507 e. The van der Waals surface area contributed by atoms with Gasteiger partial charge in [0.05, 0.1) is 17.7 Å². The van der Waals surface area contributed by atoms with E-state index >= 15 is 0 Å². The second-order valence-corrected chi connectivity index (χ2v) is 9.08. The number of anilines is 1. The predicted octanol–water partition coefficient (Wildman–Crippen LogP) is 5.18. The number of ketones is 1. The van der Waals surface area contributed by atoms with E-state index < -0.39 is 0 Å². The number of carbonyl (C=O) groups is 1. The zero-order valence-corrected chi connectivity index (χ0v) is 20.5. The first kappa shape index (κ1) is 23.9. The molecule has 0 aromatic heterocycles. The number of fused-ring (bicyclic) bond motifs is 1. The van der Waals surface area contributed by atoms with Gasteiger partial charge >= 0.3 is 0 Å². The molecule has 0 unspecified atom stereocenters. The van der Waals surface area contributed by atoms with Crippen LogP contribution in [0.15, 0.2) is 60.4 Å². The average molecular weight is 489 g/mol. The number of aryl methyl sites for hydroxylation is 1. The lowest BCUT2D eigenvalue weighted by atomic mass is 9.99. The maximum Gasteiger partial charge on any atom is 0.232 e. The van der Waals surface area contributed by atoms with E-state index in [9.17, 15) is 14.3 Å². The summed E-state index contributed by atoms with van der Waals surface area (Å²) in [4.78, 5) is 17.7. The van der Waals surface area contributed by atoms with Crippen molar-refractivity contribution in [3.63, 3.8) is 0 Å². The Balaban J connectivity index is 1.33. The monoisotopic (exact) mass is 488 g/mol. The highest BCUT2D eigenvalue weighted by molar-refractivity contribution is 6.15. The van der Waals surface area contributed by atoms with Gasteiger partial charge in [-0.2, -0.15) is 0 Å². The van der Waals surface area contributed by atoms with Crippen LogP contribution in [0, 0.1) is 12.7 Å². The average Bonchev–Trinajstić information content (AvgIpc) is 3.20. The lowest BCUT2D eigenvalue weighted by Gasteiger charge is -2.36. The molecule has 2 aliphatic heterocycles. The summed E-state index contributed by atoms with van der Waals surface area (Å²) in [6.07, 6.45) is 1.72. The summed E-state index contributed by atoms with van der Waals surface area (Å²) < 4.78 is 24.8. The number of phenolic OH excluding ortho intramolecular Hbond substituents is 1. The van der Waals surface area contributed by atoms with Crippen molar-refractivity contribution in [1.29, 1.82) is 0 Å². The van der Waals surface area contributed by atoms with Crippen LogP contribution in [0.25, 0.3) is 6.08 Å². The summed E-state index contributed by atoms with van der Waals surface area (Å²) in [5.74, 6) is 1.15. The quantitative estimate of drug-likeness (QED) is 0.483. The van der Waals surface area contributed by atoms with Crippen molar-refractivity contribution in [1.82, 2.24) is 4.90 Å². The standard InChI is InChI=1S/C29H29FN2O4/c1-3-35-23-10-4-20(5-11-23)17-26-28(34)27-19(2)16-25(33)24(29(27)36-26)18-31-12-14-32(15-13-31)22-8-6-21(30)7-9-22/h4-11,16-17,33H,3,12-15,18H2,1-2H3/b26-17-. The van der Waals surface area contributed by atoms with E-state index in [1.54, 1.807) is 24.3 Å². The Morgan fingerprint density at radius 3 is 2.42 bits per heavy atom. The number of Topliss-reactive ketones (excluding diaryl/α,β-unsaturated/α-hetero) is 1. The van der Waals surface area contributed by atoms with Crippen molar-refractivity contribution in [2.24, 2.45) is 0 Å². The number of aromatic hydroxyl groups is 1. The first-order chi connectivity index (χ1) is 17.4. The molecule has 186 valence electrons. The van der Waals surface area contributed by atoms with E-state index in [-0.39, 0.29) is 23.1 Å². The van der Waals surface area contributed by atoms with Crippen molar-refractivity contribution in [3.05, 3.63) is 88.4 Å². The molecule has 1 fully saturated rings. The van der Waals surface area contributed by atoms with Gasteiger partial charge in [0.1, 0.15) is 23.1 Å². The normalized spacial score (nSPS) is 16.8. The molecule has 6 nitrogen and oxygen atoms in total. The molecular weight excluding hydrogens is 459 g/mol. The third kappa shape index (κ3) is 4.79. The first-order valence-corrected chi connectivity index (χ1v) is 12.2. The molecule has 0 atom stereocenters. The van der Waals surface area contributed by atoms with Gasteiger partial charge in [0, 0.05) is 38.4 Å². The molecule has 0 radical (unpaired) electrons. The Kier molecular flexibility index (Phi) is 6.65. The van der Waals surface area contributed by atoms with E-state index in [0.29, 0.717) is 35.6 Å². The number of carbonyl (C=O) groups excluding carboxylic acids is 1. The minimum atomic E-state index is -0.244. The third-order valence-corrected chi connectivity index (χ3v) is 6.66. The number of hydrogen-bond acceptors (Lipinski definition) is 6. The van der Waals surface area contributed by atoms with E-state index in [2.05, 4.69) is 9.80 Å². The van der Waals surface area contributed by atoms with Gasteiger partial charge in [0.25, 0.3) is 0 Å². The molecule has 7 heteroatoms. The molecule has 0 saturated carbocycles. The Bertz CT molecular complexity index is 1290. The molecule has 2 aliphatic rings. The Morgan fingerprint density at radius 2 is 1.75 bits per heavy atom. The molecule has 3 aromatic rings. The van der Waals surface area contributed by atoms with Gasteiger partial charge in [-0.15, -0.1) is 0 Å². The first-order valence-electron chi connectivity index (χ1n) is 12.2. The summed E-state index contributed by atoms with van der Waals surface area (Å²) >= 11 is 0. The maximum atomic E-state index is 13.3. The number of allylic oxidation sites excluding steroid dienone is 1. The molecule has 0 aliphatic carbocycles. The van der Waals surface area contributed by atoms with Crippen LogP contribution in [0.1, 0.15) is 34.0 Å². The smallest absolute Gasteiger partial charge is 0.232 e. The molecule has 1 saturated heterocycles. The second kappa shape index (κ2) is 10.0. The van der Waals surface area contributed by atoms with Gasteiger partial charge in [0.15, 0.2) is 5.76 Å². The molecule has 1 N–H and O–H groups in total. The highest BCUT2D eigenvalue weighted by Gasteiger charge is 2.34. The van der Waals surface area contributed by atoms with Crippen LogP contribution in [-0.2, 0) is 6.54 Å². The van der Waals surface area contributed by atoms with Crippen LogP contribution in [0.3, 0.4) is 0 Å². The third-order valence-electron chi connectivity index (χ3n) is 6.66. The number of hydrogen-bond donors (Lipinski definition) is 1. The number of rotatable bonds is 6. The van der Waals surface area contributed by atoms with Gasteiger partial charge in [-0.05, 0) is 73.5 Å². The summed E-state index contributed by atoms with van der Waals surface area (Å²) in [5.41, 5.74) is 3.63. The Morgan fingerprint density at radius 1 is 1.06 bits per heavy atom. The molecule has 2 heterocycles. The van der Waals surface area contributed by atoms with Crippen LogP contribution < -0.4 is 14.4 Å². The minimum absolute atomic E-state index is 0.127. The lowest BCUT2D eigenvalue weighted by Crippen LogP contribution is -2.46. The number of ether oxygens (including phenoxy) is 2. The number of phenols is 1. The second-order valence-electron chi connectivity index (χ2n) is 9.08. The maximum absolute atomic E-state index is 13.3. The summed E-state index contributed by atoms with van der Waals surface area (Å²) in [6, 6.07) is 15.6. The molecule has 0 spiro atoms. The van der Waals surface area contributed by atoms with Crippen LogP contribution in [0.2, 0.25) is 0 Å². The predicted molar refractivity (Wildman–Crippen MR) is 137 cm³/mol. The molecular formula is C29H29FN2O4. The van der Waals surface area contributed by atoms with Crippen molar-refractivity contribution < 1.29 is 23.8 Å². The number of benzene rings is 3. The van der Waals surface area contributed by atoms with Crippen molar-refractivity contribution >= 4 is 17.5 Å².